The van der Waals surface area contributed by atoms with Crippen LogP contribution in [0.2, 0.25) is 0 Å². The highest BCUT2D eigenvalue weighted by molar-refractivity contribution is 5.61. The van der Waals surface area contributed by atoms with Crippen LogP contribution in [0.25, 0.3) is 0 Å². The average Bonchev–Trinajstić information content (AvgIpc) is 2.34. The fourth-order valence-corrected chi connectivity index (χ4v) is 2.06. The van der Waals surface area contributed by atoms with Crippen LogP contribution < -0.4 is 11.1 Å². The minimum absolute atomic E-state index is 0.0284. The summed E-state index contributed by atoms with van der Waals surface area (Å²) in [5.41, 5.74) is 6.83. The Morgan fingerprint density at radius 3 is 2.68 bits per heavy atom. The van der Waals surface area contributed by atoms with Crippen LogP contribution in [-0.2, 0) is 0 Å². The number of nitro benzene ring substituents is 1. The van der Waals surface area contributed by atoms with E-state index >= 15 is 0 Å². The van der Waals surface area contributed by atoms with E-state index in [0.29, 0.717) is 11.7 Å². The summed E-state index contributed by atoms with van der Waals surface area (Å²) < 4.78 is 0. The molecule has 0 fully saturated rings. The highest BCUT2D eigenvalue weighted by atomic mass is 16.6. The number of unbranched alkanes of at least 4 members (excludes halogenated alkanes) is 3. The van der Waals surface area contributed by atoms with Crippen molar-refractivity contribution in [2.75, 3.05) is 11.1 Å². The van der Waals surface area contributed by atoms with Crippen molar-refractivity contribution in [1.29, 1.82) is 0 Å². The molecule has 0 heterocycles. The summed E-state index contributed by atoms with van der Waals surface area (Å²) in [6.45, 7) is 4.27. The third-order valence-electron chi connectivity index (χ3n) is 3.05. The summed E-state index contributed by atoms with van der Waals surface area (Å²) in [4.78, 5) is 10.3. The molecule has 0 aliphatic carbocycles. The van der Waals surface area contributed by atoms with Crippen molar-refractivity contribution in [3.63, 3.8) is 0 Å². The number of rotatable bonds is 8. The number of non-ortho nitro benzene ring substituents is 1. The Hall–Kier alpha value is -1.78. The van der Waals surface area contributed by atoms with Gasteiger partial charge in [0.1, 0.15) is 0 Å². The number of anilines is 2. The lowest BCUT2D eigenvalue weighted by molar-refractivity contribution is -0.384. The zero-order valence-corrected chi connectivity index (χ0v) is 11.7. The summed E-state index contributed by atoms with van der Waals surface area (Å²) in [6.07, 6.45) is 5.95. The molecule has 3 N–H and O–H groups in total. The maximum atomic E-state index is 10.8. The maximum Gasteiger partial charge on any atom is 0.273 e. The van der Waals surface area contributed by atoms with Crippen molar-refractivity contribution in [3.8, 4) is 0 Å². The molecule has 0 aromatic heterocycles. The summed E-state index contributed by atoms with van der Waals surface area (Å²) in [5.74, 6) is 0. The predicted molar refractivity (Wildman–Crippen MR) is 79.4 cm³/mol. The third-order valence-corrected chi connectivity index (χ3v) is 3.05. The molecule has 0 amide bonds. The molecule has 5 nitrogen and oxygen atoms in total. The lowest BCUT2D eigenvalue weighted by Gasteiger charge is -2.15. The Labute approximate surface area is 114 Å². The van der Waals surface area contributed by atoms with E-state index in [0.717, 1.165) is 12.1 Å². The molecule has 5 heteroatoms. The fourth-order valence-electron chi connectivity index (χ4n) is 2.06. The first-order chi connectivity index (χ1) is 9.02. The van der Waals surface area contributed by atoms with E-state index in [4.69, 9.17) is 5.73 Å². The second-order valence-corrected chi connectivity index (χ2v) is 4.97. The van der Waals surface area contributed by atoms with E-state index < -0.39 is 4.92 Å². The van der Waals surface area contributed by atoms with Crippen LogP contribution in [0.15, 0.2) is 18.2 Å². The van der Waals surface area contributed by atoms with Crippen LogP contribution in [0.1, 0.15) is 46.0 Å². The van der Waals surface area contributed by atoms with Gasteiger partial charge in [-0.25, -0.2) is 0 Å². The van der Waals surface area contributed by atoms with Crippen molar-refractivity contribution >= 4 is 17.1 Å². The Bertz CT molecular complexity index is 421. The zero-order valence-electron chi connectivity index (χ0n) is 11.7. The van der Waals surface area contributed by atoms with Crippen LogP contribution in [0.5, 0.6) is 0 Å². The molecule has 1 rings (SSSR count). The smallest absolute Gasteiger partial charge is 0.273 e. The average molecular weight is 265 g/mol. The van der Waals surface area contributed by atoms with Gasteiger partial charge in [0.2, 0.25) is 0 Å². The summed E-state index contributed by atoms with van der Waals surface area (Å²) in [5, 5.41) is 14.0. The lowest BCUT2D eigenvalue weighted by atomic mass is 10.1. The second kappa shape index (κ2) is 7.61. The minimum Gasteiger partial charge on any atom is -0.398 e. The quantitative estimate of drug-likeness (QED) is 0.323. The highest BCUT2D eigenvalue weighted by Gasteiger charge is 2.10. The molecule has 1 aromatic rings. The molecule has 1 unspecified atom stereocenters. The van der Waals surface area contributed by atoms with Gasteiger partial charge in [0.05, 0.1) is 4.92 Å². The number of hydrogen-bond donors (Lipinski definition) is 2. The normalized spacial score (nSPS) is 12.1. The molecule has 0 bridgehead atoms. The molecular weight excluding hydrogens is 242 g/mol. The van der Waals surface area contributed by atoms with E-state index in [9.17, 15) is 10.1 Å². The van der Waals surface area contributed by atoms with Crippen molar-refractivity contribution in [2.24, 2.45) is 0 Å². The van der Waals surface area contributed by atoms with Crippen molar-refractivity contribution < 1.29 is 4.92 Å². The van der Waals surface area contributed by atoms with E-state index in [1.807, 2.05) is 0 Å². The van der Waals surface area contributed by atoms with Gasteiger partial charge in [-0.3, -0.25) is 10.1 Å². The molecule has 0 saturated heterocycles. The molecule has 19 heavy (non-hydrogen) atoms. The maximum absolute atomic E-state index is 10.8. The van der Waals surface area contributed by atoms with Crippen LogP contribution in [-0.4, -0.2) is 11.0 Å². The van der Waals surface area contributed by atoms with Crippen molar-refractivity contribution in [2.45, 2.75) is 52.0 Å². The number of nitrogen functional groups attached to an aromatic ring is 1. The van der Waals surface area contributed by atoms with Crippen LogP contribution in [0.4, 0.5) is 17.1 Å². The van der Waals surface area contributed by atoms with Gasteiger partial charge >= 0.3 is 0 Å². The monoisotopic (exact) mass is 265 g/mol. The number of nitrogens with one attached hydrogen (secondary N) is 1. The molecule has 0 radical (unpaired) electrons. The SMILES string of the molecule is CCCCCCC(C)Nc1cc(N)cc([N+](=O)[O-])c1. The van der Waals surface area contributed by atoms with Crippen molar-refractivity contribution in [1.82, 2.24) is 0 Å². The molecule has 106 valence electrons. The third kappa shape index (κ3) is 5.59. The van der Waals surface area contributed by atoms with Gasteiger partial charge in [-0.15, -0.1) is 0 Å². The Morgan fingerprint density at radius 2 is 2.05 bits per heavy atom. The Morgan fingerprint density at radius 1 is 1.32 bits per heavy atom. The van der Waals surface area contributed by atoms with Gasteiger partial charge in [0.15, 0.2) is 0 Å². The van der Waals surface area contributed by atoms with Crippen LogP contribution >= 0.6 is 0 Å². The number of benzene rings is 1. The summed E-state index contributed by atoms with van der Waals surface area (Å²) >= 11 is 0. The predicted octanol–water partition coefficient (Wildman–Crippen LogP) is 3.95. The number of nitrogens with zero attached hydrogens (tertiary/aromatic N) is 1. The van der Waals surface area contributed by atoms with E-state index in [1.54, 1.807) is 6.07 Å². The molecule has 0 spiro atoms. The molecule has 0 saturated carbocycles. The van der Waals surface area contributed by atoms with Gasteiger partial charge < -0.3 is 11.1 Å². The molecular formula is C14H23N3O2. The topological polar surface area (TPSA) is 81.2 Å². The Kier molecular flexibility index (Phi) is 6.12. The first-order valence-electron chi connectivity index (χ1n) is 6.84. The van der Waals surface area contributed by atoms with Gasteiger partial charge in [0.25, 0.3) is 5.69 Å². The van der Waals surface area contributed by atoms with Gasteiger partial charge in [-0.1, -0.05) is 32.6 Å². The van der Waals surface area contributed by atoms with Crippen LogP contribution in [0, 0.1) is 10.1 Å². The minimum atomic E-state index is -0.423. The van der Waals surface area contributed by atoms with Gasteiger partial charge in [0, 0.05) is 29.5 Å². The van der Waals surface area contributed by atoms with E-state index in [2.05, 4.69) is 19.2 Å². The highest BCUT2D eigenvalue weighted by Crippen LogP contribution is 2.23. The number of nitro groups is 1. The van der Waals surface area contributed by atoms with E-state index in [-0.39, 0.29) is 5.69 Å². The first-order valence-corrected chi connectivity index (χ1v) is 6.84. The standard InChI is InChI=1S/C14H23N3O2/c1-3-4-5-6-7-11(2)16-13-8-12(15)9-14(10-13)17(18)19/h8-11,16H,3-7,15H2,1-2H3. The van der Waals surface area contributed by atoms with Crippen LogP contribution in [0.3, 0.4) is 0 Å². The van der Waals surface area contributed by atoms with E-state index in [1.165, 1.54) is 37.8 Å². The lowest BCUT2D eigenvalue weighted by Crippen LogP contribution is -2.15. The second-order valence-electron chi connectivity index (χ2n) is 4.97. The summed E-state index contributed by atoms with van der Waals surface area (Å²) in [6, 6.07) is 4.92. The number of hydrogen-bond acceptors (Lipinski definition) is 4. The largest absolute Gasteiger partial charge is 0.398 e. The zero-order chi connectivity index (χ0) is 14.3. The van der Waals surface area contributed by atoms with Gasteiger partial charge in [-0.05, 0) is 19.4 Å². The van der Waals surface area contributed by atoms with Crippen molar-refractivity contribution in [3.05, 3.63) is 28.3 Å². The molecule has 0 aliphatic heterocycles. The number of nitrogens with two attached hydrogens (primary N) is 1. The first kappa shape index (κ1) is 15.3. The fraction of sp³-hybridized carbons (Fsp3) is 0.571. The summed E-state index contributed by atoms with van der Waals surface area (Å²) in [7, 11) is 0. The molecule has 1 atom stereocenters. The molecule has 0 aliphatic rings. The van der Waals surface area contributed by atoms with Gasteiger partial charge in [-0.2, -0.15) is 0 Å². The molecule has 1 aromatic carbocycles. The Balaban J connectivity index is 2.53.